The maximum Gasteiger partial charge on any atom is 0.272 e. The summed E-state index contributed by atoms with van der Waals surface area (Å²) in [4.78, 5) is 15.6. The summed E-state index contributed by atoms with van der Waals surface area (Å²) >= 11 is 0. The Morgan fingerprint density at radius 2 is 2.06 bits per heavy atom. The van der Waals surface area contributed by atoms with Gasteiger partial charge in [-0.25, -0.2) is 9.49 Å². The lowest BCUT2D eigenvalue weighted by atomic mass is 10.1. The molecule has 0 saturated heterocycles. The van der Waals surface area contributed by atoms with Crippen molar-refractivity contribution >= 4 is 10.8 Å². The molecule has 0 aliphatic heterocycles. The summed E-state index contributed by atoms with van der Waals surface area (Å²) in [6.45, 7) is 0. The van der Waals surface area contributed by atoms with Gasteiger partial charge in [0, 0.05) is 23.3 Å². The topological polar surface area (TPSA) is 58.6 Å². The van der Waals surface area contributed by atoms with Crippen LogP contribution in [0, 0.1) is 5.82 Å². The maximum atomic E-state index is 13.3. The number of nitrogens with one attached hydrogen (secondary N) is 1. The van der Waals surface area contributed by atoms with E-state index in [1.165, 1.54) is 18.2 Å². The van der Waals surface area contributed by atoms with Crippen LogP contribution in [0.2, 0.25) is 0 Å². The summed E-state index contributed by atoms with van der Waals surface area (Å²) in [7, 11) is 0. The first-order valence-corrected chi connectivity index (χ1v) is 5.34. The number of benzene rings is 1. The van der Waals surface area contributed by atoms with Crippen LogP contribution in [-0.4, -0.2) is 15.2 Å². The zero-order valence-corrected chi connectivity index (χ0v) is 9.22. The molecule has 0 spiro atoms. The molecular weight excluding hydrogens is 233 g/mol. The van der Waals surface area contributed by atoms with Gasteiger partial charge in [0.05, 0.1) is 5.39 Å². The minimum Gasteiger partial charge on any atom is -0.267 e. The second kappa shape index (κ2) is 4.03. The van der Waals surface area contributed by atoms with Crippen molar-refractivity contribution in [1.82, 2.24) is 15.2 Å². The van der Waals surface area contributed by atoms with Crippen molar-refractivity contribution in [2.75, 3.05) is 0 Å². The largest absolute Gasteiger partial charge is 0.272 e. The molecule has 1 aromatic carbocycles. The zero-order chi connectivity index (χ0) is 12.5. The molecule has 0 fully saturated rings. The number of H-pyrrole nitrogens is 1. The minimum absolute atomic E-state index is 0.336. The lowest BCUT2D eigenvalue weighted by Gasteiger charge is -2.04. The van der Waals surface area contributed by atoms with Crippen LogP contribution in [0.3, 0.4) is 0 Å². The lowest BCUT2D eigenvalue weighted by Crippen LogP contribution is -2.09. The van der Waals surface area contributed by atoms with Gasteiger partial charge in [-0.15, -0.1) is 0 Å². The van der Waals surface area contributed by atoms with Crippen LogP contribution in [0.5, 0.6) is 0 Å². The lowest BCUT2D eigenvalue weighted by molar-refractivity contribution is 0.629. The average molecular weight is 241 g/mol. The van der Waals surface area contributed by atoms with E-state index in [4.69, 9.17) is 0 Å². The van der Waals surface area contributed by atoms with Crippen molar-refractivity contribution in [3.63, 3.8) is 0 Å². The molecule has 0 saturated carbocycles. The highest BCUT2D eigenvalue weighted by atomic mass is 19.1. The standard InChI is InChI=1S/C13H8FN3O/c14-9-3-4-10-11(6-9)12(16-17-13(10)18)8-2-1-5-15-7-8/h1-7H,(H,17,18). The molecule has 0 radical (unpaired) electrons. The zero-order valence-electron chi connectivity index (χ0n) is 9.22. The van der Waals surface area contributed by atoms with E-state index >= 15 is 0 Å². The first kappa shape index (κ1) is 10.6. The summed E-state index contributed by atoms with van der Waals surface area (Å²) in [5, 5.41) is 7.26. The van der Waals surface area contributed by atoms with Crippen LogP contribution < -0.4 is 5.56 Å². The van der Waals surface area contributed by atoms with Crippen LogP contribution in [0.25, 0.3) is 22.0 Å². The molecule has 2 heterocycles. The molecule has 1 N–H and O–H groups in total. The third-order valence-electron chi connectivity index (χ3n) is 2.69. The van der Waals surface area contributed by atoms with Gasteiger partial charge in [-0.2, -0.15) is 5.10 Å². The number of aromatic amines is 1. The Hall–Kier alpha value is -2.56. The van der Waals surface area contributed by atoms with Gasteiger partial charge in [-0.3, -0.25) is 9.78 Å². The normalized spacial score (nSPS) is 10.7. The summed E-state index contributed by atoms with van der Waals surface area (Å²) in [5.74, 6) is -0.403. The monoisotopic (exact) mass is 241 g/mol. The molecule has 0 aliphatic rings. The quantitative estimate of drug-likeness (QED) is 0.710. The van der Waals surface area contributed by atoms with Gasteiger partial charge in [0.25, 0.3) is 5.56 Å². The molecule has 4 nitrogen and oxygen atoms in total. The first-order chi connectivity index (χ1) is 8.75. The van der Waals surface area contributed by atoms with Crippen molar-refractivity contribution < 1.29 is 4.39 Å². The van der Waals surface area contributed by atoms with Crippen LogP contribution >= 0.6 is 0 Å². The third kappa shape index (κ3) is 1.66. The van der Waals surface area contributed by atoms with Crippen LogP contribution in [0.15, 0.2) is 47.5 Å². The summed E-state index contributed by atoms with van der Waals surface area (Å²) in [6.07, 6.45) is 3.25. The van der Waals surface area contributed by atoms with E-state index in [0.717, 1.165) is 5.56 Å². The molecule has 0 amide bonds. The molecule has 2 aromatic heterocycles. The van der Waals surface area contributed by atoms with E-state index in [2.05, 4.69) is 15.2 Å². The Kier molecular flexibility index (Phi) is 2.37. The fourth-order valence-electron chi connectivity index (χ4n) is 1.86. The first-order valence-electron chi connectivity index (χ1n) is 5.34. The predicted octanol–water partition coefficient (Wildman–Crippen LogP) is 2.12. The molecular formula is C13H8FN3O. The second-order valence-corrected chi connectivity index (χ2v) is 3.83. The van der Waals surface area contributed by atoms with Gasteiger partial charge in [-0.1, -0.05) is 0 Å². The minimum atomic E-state index is -0.403. The number of hydrogen-bond acceptors (Lipinski definition) is 3. The van der Waals surface area contributed by atoms with Crippen molar-refractivity contribution in [3.8, 4) is 11.3 Å². The Bertz CT molecular complexity index is 768. The fourth-order valence-corrected chi connectivity index (χ4v) is 1.86. The second-order valence-electron chi connectivity index (χ2n) is 3.83. The van der Waals surface area contributed by atoms with E-state index in [9.17, 15) is 9.18 Å². The number of pyridine rings is 1. The van der Waals surface area contributed by atoms with E-state index in [-0.39, 0.29) is 5.56 Å². The molecule has 3 rings (SSSR count). The molecule has 0 unspecified atom stereocenters. The number of halogens is 1. The summed E-state index contributed by atoms with van der Waals surface area (Å²) in [6, 6.07) is 7.57. The van der Waals surface area contributed by atoms with E-state index in [1.54, 1.807) is 24.5 Å². The highest BCUT2D eigenvalue weighted by molar-refractivity contribution is 5.93. The number of fused-ring (bicyclic) bond motifs is 1. The molecule has 88 valence electrons. The molecule has 18 heavy (non-hydrogen) atoms. The summed E-state index contributed by atoms with van der Waals surface area (Å²) in [5.41, 5.74) is 0.902. The molecule has 0 atom stereocenters. The smallest absolute Gasteiger partial charge is 0.267 e. The van der Waals surface area contributed by atoms with Gasteiger partial charge in [0.2, 0.25) is 0 Å². The maximum absolute atomic E-state index is 13.3. The van der Waals surface area contributed by atoms with Gasteiger partial charge in [0.1, 0.15) is 11.5 Å². The molecule has 0 bridgehead atoms. The van der Waals surface area contributed by atoms with Gasteiger partial charge < -0.3 is 0 Å². The van der Waals surface area contributed by atoms with Gasteiger partial charge >= 0.3 is 0 Å². The fraction of sp³-hybridized carbons (Fsp3) is 0. The van der Waals surface area contributed by atoms with Gasteiger partial charge in [-0.05, 0) is 30.3 Å². The van der Waals surface area contributed by atoms with Crippen molar-refractivity contribution in [2.24, 2.45) is 0 Å². The van der Waals surface area contributed by atoms with Crippen molar-refractivity contribution in [1.29, 1.82) is 0 Å². The van der Waals surface area contributed by atoms with E-state index in [0.29, 0.717) is 16.5 Å². The number of hydrogen-bond donors (Lipinski definition) is 1. The number of aromatic nitrogens is 3. The Morgan fingerprint density at radius 1 is 1.17 bits per heavy atom. The highest BCUT2D eigenvalue weighted by Gasteiger charge is 2.09. The van der Waals surface area contributed by atoms with E-state index < -0.39 is 5.82 Å². The Labute approximate surface area is 101 Å². The van der Waals surface area contributed by atoms with Crippen LogP contribution in [-0.2, 0) is 0 Å². The van der Waals surface area contributed by atoms with Crippen LogP contribution in [0.4, 0.5) is 4.39 Å². The number of rotatable bonds is 1. The Morgan fingerprint density at radius 3 is 2.83 bits per heavy atom. The SMILES string of the molecule is O=c1[nH]nc(-c2cccnc2)c2cc(F)ccc12. The Balaban J connectivity index is 2.41. The van der Waals surface area contributed by atoms with Crippen LogP contribution in [0.1, 0.15) is 0 Å². The molecule has 3 aromatic rings. The highest BCUT2D eigenvalue weighted by Crippen LogP contribution is 2.23. The summed E-state index contributed by atoms with van der Waals surface area (Å²) < 4.78 is 13.3. The van der Waals surface area contributed by atoms with Crippen molar-refractivity contribution in [2.45, 2.75) is 0 Å². The predicted molar refractivity (Wildman–Crippen MR) is 65.6 cm³/mol. The average Bonchev–Trinajstić information content (AvgIpc) is 2.40. The number of nitrogens with zero attached hydrogens (tertiary/aromatic N) is 2. The molecule has 0 aliphatic carbocycles. The van der Waals surface area contributed by atoms with Gasteiger partial charge in [0.15, 0.2) is 0 Å². The van der Waals surface area contributed by atoms with E-state index in [1.807, 2.05) is 0 Å². The third-order valence-corrected chi connectivity index (χ3v) is 2.69. The van der Waals surface area contributed by atoms with Crippen molar-refractivity contribution in [3.05, 3.63) is 58.9 Å². The molecule has 5 heteroatoms.